The third-order valence-corrected chi connectivity index (χ3v) is 4.60. The molecule has 1 saturated heterocycles. The van der Waals surface area contributed by atoms with Crippen molar-refractivity contribution in [2.24, 2.45) is 5.73 Å². The molecule has 21 heavy (non-hydrogen) atoms. The topological polar surface area (TPSA) is 51.4 Å². The molecule has 0 radical (unpaired) electrons. The zero-order chi connectivity index (χ0) is 14.8. The minimum Gasteiger partial charge on any atom is -0.377 e. The van der Waals surface area contributed by atoms with Crippen LogP contribution in [0.2, 0.25) is 0 Å². The number of aromatic nitrogens is 1. The van der Waals surface area contributed by atoms with Gasteiger partial charge in [-0.3, -0.25) is 9.88 Å². The monoisotopic (exact) mass is 285 g/mol. The highest BCUT2D eigenvalue weighted by molar-refractivity contribution is 5.82. The Morgan fingerprint density at radius 3 is 2.90 bits per heavy atom. The van der Waals surface area contributed by atoms with E-state index in [1.807, 2.05) is 12.3 Å². The molecule has 3 rings (SSSR count). The molecule has 3 atom stereocenters. The molecule has 0 amide bonds. The third kappa shape index (κ3) is 2.67. The number of nitrogens with zero attached hydrogens (tertiary/aromatic N) is 2. The van der Waals surface area contributed by atoms with Crippen LogP contribution in [0.25, 0.3) is 10.9 Å². The van der Waals surface area contributed by atoms with Crippen LogP contribution in [0.1, 0.15) is 24.9 Å². The molecule has 2 N–H and O–H groups in total. The van der Waals surface area contributed by atoms with E-state index in [1.54, 1.807) is 0 Å². The summed E-state index contributed by atoms with van der Waals surface area (Å²) < 4.78 is 5.71. The van der Waals surface area contributed by atoms with Crippen LogP contribution < -0.4 is 5.73 Å². The second kappa shape index (κ2) is 6.10. The van der Waals surface area contributed by atoms with Gasteiger partial charge in [0.05, 0.1) is 11.6 Å². The second-order valence-corrected chi connectivity index (χ2v) is 5.77. The van der Waals surface area contributed by atoms with Crippen molar-refractivity contribution in [3.8, 4) is 0 Å². The molecule has 0 aliphatic carbocycles. The molecule has 0 saturated carbocycles. The van der Waals surface area contributed by atoms with Gasteiger partial charge in [-0.25, -0.2) is 0 Å². The molecule has 4 heteroatoms. The smallest absolute Gasteiger partial charge is 0.0750 e. The molecule has 0 spiro atoms. The molecule has 0 bridgehead atoms. The van der Waals surface area contributed by atoms with E-state index in [4.69, 9.17) is 10.5 Å². The Morgan fingerprint density at radius 2 is 2.19 bits per heavy atom. The molecule has 2 aromatic rings. The Labute approximate surface area is 125 Å². The number of pyridine rings is 1. The minimum atomic E-state index is 0.165. The van der Waals surface area contributed by atoms with Crippen LogP contribution >= 0.6 is 0 Å². The highest BCUT2D eigenvalue weighted by Gasteiger charge is 2.32. The fourth-order valence-electron chi connectivity index (χ4n) is 3.40. The van der Waals surface area contributed by atoms with Gasteiger partial charge in [-0.1, -0.05) is 24.3 Å². The van der Waals surface area contributed by atoms with Crippen molar-refractivity contribution >= 4 is 10.9 Å². The zero-order valence-electron chi connectivity index (χ0n) is 12.7. The summed E-state index contributed by atoms with van der Waals surface area (Å²) >= 11 is 0. The lowest BCUT2D eigenvalue weighted by molar-refractivity contribution is 0.0688. The summed E-state index contributed by atoms with van der Waals surface area (Å²) in [6.45, 7) is 3.56. The summed E-state index contributed by atoms with van der Waals surface area (Å²) in [4.78, 5) is 6.93. The predicted octanol–water partition coefficient (Wildman–Crippen LogP) is 2.34. The lowest BCUT2D eigenvalue weighted by Gasteiger charge is -2.34. The number of benzene rings is 1. The van der Waals surface area contributed by atoms with E-state index in [-0.39, 0.29) is 12.1 Å². The van der Waals surface area contributed by atoms with Gasteiger partial charge in [0.25, 0.3) is 0 Å². The van der Waals surface area contributed by atoms with Gasteiger partial charge >= 0.3 is 0 Å². The number of para-hydroxylation sites is 1. The average molecular weight is 285 g/mol. The van der Waals surface area contributed by atoms with Gasteiger partial charge in [0.1, 0.15) is 0 Å². The molecule has 112 valence electrons. The minimum absolute atomic E-state index is 0.165. The summed E-state index contributed by atoms with van der Waals surface area (Å²) in [7, 11) is 2.15. The molecule has 1 aromatic carbocycles. The molecule has 3 unspecified atom stereocenters. The maximum atomic E-state index is 6.10. The Morgan fingerprint density at radius 1 is 1.38 bits per heavy atom. The van der Waals surface area contributed by atoms with Crippen molar-refractivity contribution in [2.45, 2.75) is 31.5 Å². The summed E-state index contributed by atoms with van der Waals surface area (Å²) in [5, 5.41) is 1.16. The van der Waals surface area contributed by atoms with Crippen molar-refractivity contribution in [3.05, 3.63) is 42.1 Å². The second-order valence-electron chi connectivity index (χ2n) is 5.77. The number of hydrogen-bond acceptors (Lipinski definition) is 4. The fraction of sp³-hybridized carbons (Fsp3) is 0.471. The van der Waals surface area contributed by atoms with Gasteiger partial charge in [-0.15, -0.1) is 0 Å². The van der Waals surface area contributed by atoms with Crippen molar-refractivity contribution in [2.75, 3.05) is 20.2 Å². The third-order valence-electron chi connectivity index (χ3n) is 4.60. The first kappa shape index (κ1) is 14.4. The molecule has 1 aromatic heterocycles. The van der Waals surface area contributed by atoms with Crippen molar-refractivity contribution in [3.63, 3.8) is 0 Å². The van der Waals surface area contributed by atoms with Gasteiger partial charge in [0.15, 0.2) is 0 Å². The molecular formula is C17H23N3O. The Balaban J connectivity index is 1.98. The van der Waals surface area contributed by atoms with Crippen LogP contribution in [0.15, 0.2) is 36.5 Å². The van der Waals surface area contributed by atoms with Crippen LogP contribution in [0.3, 0.4) is 0 Å². The number of nitrogens with two attached hydrogens (primary N) is 1. The van der Waals surface area contributed by atoms with Gasteiger partial charge in [0, 0.05) is 36.8 Å². The lowest BCUT2D eigenvalue weighted by atomic mass is 9.99. The lowest BCUT2D eigenvalue weighted by Crippen LogP contribution is -2.42. The van der Waals surface area contributed by atoms with Gasteiger partial charge < -0.3 is 10.5 Å². The average Bonchev–Trinajstić information content (AvgIpc) is 2.94. The number of ether oxygens (including phenoxy) is 1. The van der Waals surface area contributed by atoms with Crippen LogP contribution in [-0.2, 0) is 4.74 Å². The number of fused-ring (bicyclic) bond motifs is 1. The van der Waals surface area contributed by atoms with E-state index in [0.29, 0.717) is 12.6 Å². The number of hydrogen-bond donors (Lipinski definition) is 1. The van der Waals surface area contributed by atoms with Crippen molar-refractivity contribution in [1.82, 2.24) is 9.88 Å². The van der Waals surface area contributed by atoms with E-state index >= 15 is 0 Å². The SMILES string of the molecule is CC1OCCC1N(C)C(CN)c1cccc2cccnc12. The summed E-state index contributed by atoms with van der Waals surface area (Å²) in [6, 6.07) is 11.0. The van der Waals surface area contributed by atoms with E-state index in [0.717, 1.165) is 23.9 Å². The number of rotatable bonds is 4. The van der Waals surface area contributed by atoms with Crippen molar-refractivity contribution < 1.29 is 4.74 Å². The van der Waals surface area contributed by atoms with Crippen LogP contribution in [0.4, 0.5) is 0 Å². The maximum Gasteiger partial charge on any atom is 0.0750 e. The van der Waals surface area contributed by atoms with Gasteiger partial charge in [0.2, 0.25) is 0 Å². The first-order valence-corrected chi connectivity index (χ1v) is 7.59. The van der Waals surface area contributed by atoms with Crippen molar-refractivity contribution in [1.29, 1.82) is 0 Å². The van der Waals surface area contributed by atoms with Crippen LogP contribution in [0, 0.1) is 0 Å². The largest absolute Gasteiger partial charge is 0.377 e. The summed E-state index contributed by atoms with van der Waals surface area (Å²) in [6.07, 6.45) is 3.17. The van der Waals surface area contributed by atoms with E-state index < -0.39 is 0 Å². The number of likely N-dealkylation sites (N-methyl/N-ethyl adjacent to an activating group) is 1. The zero-order valence-corrected chi connectivity index (χ0v) is 12.7. The van der Waals surface area contributed by atoms with E-state index in [2.05, 4.69) is 48.1 Å². The molecular weight excluding hydrogens is 262 g/mol. The fourth-order valence-corrected chi connectivity index (χ4v) is 3.40. The normalized spacial score (nSPS) is 23.8. The first-order chi connectivity index (χ1) is 10.2. The quantitative estimate of drug-likeness (QED) is 0.937. The highest BCUT2D eigenvalue weighted by Crippen LogP contribution is 2.30. The first-order valence-electron chi connectivity index (χ1n) is 7.59. The highest BCUT2D eigenvalue weighted by atomic mass is 16.5. The van der Waals surface area contributed by atoms with E-state index in [9.17, 15) is 0 Å². The van der Waals surface area contributed by atoms with Gasteiger partial charge in [-0.05, 0) is 32.0 Å². The Kier molecular flexibility index (Phi) is 4.19. The molecule has 1 fully saturated rings. The summed E-state index contributed by atoms with van der Waals surface area (Å²) in [5.74, 6) is 0. The standard InChI is InChI=1S/C17H23N3O/c1-12-15(8-10-21-12)20(2)16(11-18)14-7-3-5-13-6-4-9-19-17(13)14/h3-7,9,12,15-16H,8,10-11,18H2,1-2H3. The maximum absolute atomic E-state index is 6.10. The molecule has 2 heterocycles. The predicted molar refractivity (Wildman–Crippen MR) is 85.1 cm³/mol. The Hall–Kier alpha value is -1.49. The van der Waals surface area contributed by atoms with Gasteiger partial charge in [-0.2, -0.15) is 0 Å². The molecule has 1 aliphatic rings. The Bertz CT molecular complexity index is 611. The van der Waals surface area contributed by atoms with Crippen LogP contribution in [0.5, 0.6) is 0 Å². The molecule has 1 aliphatic heterocycles. The molecule has 4 nitrogen and oxygen atoms in total. The van der Waals surface area contributed by atoms with Crippen LogP contribution in [-0.4, -0.2) is 42.2 Å². The van der Waals surface area contributed by atoms with E-state index in [1.165, 1.54) is 5.56 Å². The summed E-state index contributed by atoms with van der Waals surface area (Å²) in [5.41, 5.74) is 8.36.